The monoisotopic (exact) mass is 170 g/mol. The van der Waals surface area contributed by atoms with Crippen molar-refractivity contribution in [3.8, 4) is 0 Å². The van der Waals surface area contributed by atoms with E-state index in [1.807, 2.05) is 18.2 Å². The number of fused-ring (bicyclic) bond motifs is 3. The summed E-state index contributed by atoms with van der Waals surface area (Å²) in [5.74, 6) is 0. The summed E-state index contributed by atoms with van der Waals surface area (Å²) in [6, 6.07) is 12.3. The highest BCUT2D eigenvalue weighted by atomic mass is 15.3. The molecular formula is C10H8N3+. The van der Waals surface area contributed by atoms with E-state index >= 15 is 0 Å². The highest BCUT2D eigenvalue weighted by molar-refractivity contribution is 6.01. The minimum absolute atomic E-state index is 0.971. The van der Waals surface area contributed by atoms with E-state index < -0.39 is 0 Å². The summed E-state index contributed by atoms with van der Waals surface area (Å²) in [7, 11) is 0. The average Bonchev–Trinajstić information content (AvgIpc) is 2.65. The molecule has 2 N–H and O–H groups in total. The van der Waals surface area contributed by atoms with Gasteiger partial charge < -0.3 is 0 Å². The van der Waals surface area contributed by atoms with Crippen LogP contribution in [0.5, 0.6) is 0 Å². The second-order valence-electron chi connectivity index (χ2n) is 3.03. The third-order valence-electron chi connectivity index (χ3n) is 2.26. The Bertz CT molecular complexity index is 568. The van der Waals surface area contributed by atoms with Crippen LogP contribution in [0, 0.1) is 0 Å². The van der Waals surface area contributed by atoms with Gasteiger partial charge in [-0.2, -0.15) is 5.10 Å². The van der Waals surface area contributed by atoms with Gasteiger partial charge in [0.2, 0.25) is 11.0 Å². The summed E-state index contributed by atoms with van der Waals surface area (Å²) in [5, 5.41) is 12.3. The van der Waals surface area contributed by atoms with Crippen LogP contribution in [0.25, 0.3) is 21.8 Å². The van der Waals surface area contributed by atoms with Gasteiger partial charge in [-0.05, 0) is 23.6 Å². The fourth-order valence-electron chi connectivity index (χ4n) is 1.63. The first-order chi connectivity index (χ1) is 6.45. The number of nitrogens with zero attached hydrogens (tertiary/aromatic N) is 1. The number of hydrogen-bond acceptors (Lipinski definition) is 1. The predicted octanol–water partition coefficient (Wildman–Crippen LogP) is 1.53. The first-order valence-corrected chi connectivity index (χ1v) is 4.19. The van der Waals surface area contributed by atoms with Crippen LogP contribution in [0.1, 0.15) is 0 Å². The molecule has 0 saturated carbocycles. The van der Waals surface area contributed by atoms with Crippen LogP contribution in [0.4, 0.5) is 0 Å². The van der Waals surface area contributed by atoms with E-state index in [4.69, 9.17) is 0 Å². The van der Waals surface area contributed by atoms with Crippen molar-refractivity contribution in [2.24, 2.45) is 0 Å². The molecule has 3 nitrogen and oxygen atoms in total. The zero-order chi connectivity index (χ0) is 8.67. The molecule has 13 heavy (non-hydrogen) atoms. The lowest BCUT2D eigenvalue weighted by Crippen LogP contribution is -2.01. The van der Waals surface area contributed by atoms with Crippen LogP contribution >= 0.6 is 0 Å². The number of aromatic nitrogens is 3. The topological polar surface area (TPSA) is 42.8 Å². The number of H-pyrrole nitrogens is 2. The van der Waals surface area contributed by atoms with Crippen molar-refractivity contribution < 1.29 is 5.10 Å². The van der Waals surface area contributed by atoms with Crippen molar-refractivity contribution in [3.05, 3.63) is 36.4 Å². The van der Waals surface area contributed by atoms with Gasteiger partial charge in [0.15, 0.2) is 0 Å². The molecular weight excluding hydrogens is 162 g/mol. The minimum atomic E-state index is 0.971. The normalized spacial score (nSPS) is 11.1. The van der Waals surface area contributed by atoms with Gasteiger partial charge in [-0.15, -0.1) is 0 Å². The van der Waals surface area contributed by atoms with E-state index in [-0.39, 0.29) is 0 Å². The Labute approximate surface area is 74.4 Å². The first kappa shape index (κ1) is 6.60. The van der Waals surface area contributed by atoms with Crippen molar-refractivity contribution in [1.29, 1.82) is 0 Å². The number of hydrogen-bond donors (Lipinski definition) is 1. The molecule has 0 aliphatic carbocycles. The molecule has 3 aromatic rings. The molecule has 0 radical (unpaired) electrons. The van der Waals surface area contributed by atoms with E-state index in [0.717, 1.165) is 11.0 Å². The summed E-state index contributed by atoms with van der Waals surface area (Å²) >= 11 is 0. The van der Waals surface area contributed by atoms with Crippen LogP contribution in [-0.2, 0) is 0 Å². The number of rotatable bonds is 0. The summed E-state index contributed by atoms with van der Waals surface area (Å²) < 4.78 is 0. The maximum absolute atomic E-state index is 4.09. The smallest absolute Gasteiger partial charge is 0.168 e. The molecule has 1 aromatic heterocycles. The summed E-state index contributed by atoms with van der Waals surface area (Å²) in [6.07, 6.45) is 0. The molecule has 0 fully saturated rings. The Morgan fingerprint density at radius 3 is 3.00 bits per heavy atom. The number of aromatic amines is 2. The van der Waals surface area contributed by atoms with Gasteiger partial charge in [-0.25, -0.2) is 0 Å². The predicted molar refractivity (Wildman–Crippen MR) is 50.2 cm³/mol. The quantitative estimate of drug-likeness (QED) is 0.546. The summed E-state index contributed by atoms with van der Waals surface area (Å²) in [5.41, 5.74) is 2.04. The van der Waals surface area contributed by atoms with Crippen LogP contribution in [0.15, 0.2) is 36.4 Å². The molecule has 62 valence electrons. The molecule has 0 saturated heterocycles. The van der Waals surface area contributed by atoms with Crippen molar-refractivity contribution in [2.45, 2.75) is 0 Å². The molecule has 2 aromatic carbocycles. The van der Waals surface area contributed by atoms with Gasteiger partial charge in [0, 0.05) is 10.5 Å². The third kappa shape index (κ3) is 0.839. The minimum Gasteiger partial charge on any atom is -0.168 e. The van der Waals surface area contributed by atoms with Gasteiger partial charge in [0.25, 0.3) is 0 Å². The molecule has 0 aliphatic heterocycles. The van der Waals surface area contributed by atoms with E-state index in [1.165, 1.54) is 10.8 Å². The molecule has 0 bridgehead atoms. The lowest BCUT2D eigenvalue weighted by atomic mass is 10.1. The first-order valence-electron chi connectivity index (χ1n) is 4.19. The Morgan fingerprint density at radius 2 is 2.00 bits per heavy atom. The highest BCUT2D eigenvalue weighted by Crippen LogP contribution is 2.19. The van der Waals surface area contributed by atoms with Crippen LogP contribution in [0.3, 0.4) is 0 Å². The SMILES string of the molecule is c1ccc2c(c1)ccc1n[nH][nH+]c12. The van der Waals surface area contributed by atoms with Crippen molar-refractivity contribution >= 4 is 21.8 Å². The standard InChI is InChI=1S/C10H7N3/c1-2-4-8-7(3-1)5-6-9-10(8)12-13-11-9/h1-6H,(H,11,12,13)/p+1. The van der Waals surface area contributed by atoms with E-state index in [9.17, 15) is 0 Å². The fourth-order valence-corrected chi connectivity index (χ4v) is 1.63. The molecule has 1 heterocycles. The number of nitrogens with one attached hydrogen (secondary N) is 2. The van der Waals surface area contributed by atoms with Gasteiger partial charge in [-0.1, -0.05) is 23.4 Å². The molecule has 0 aliphatic rings. The zero-order valence-corrected chi connectivity index (χ0v) is 6.91. The molecule has 0 amide bonds. The molecule has 3 rings (SSSR count). The fraction of sp³-hybridized carbons (Fsp3) is 0. The Kier molecular flexibility index (Phi) is 1.16. The second kappa shape index (κ2) is 2.29. The maximum atomic E-state index is 4.09. The van der Waals surface area contributed by atoms with Crippen LogP contribution < -0.4 is 5.10 Å². The van der Waals surface area contributed by atoms with Gasteiger partial charge in [0.1, 0.15) is 0 Å². The molecule has 3 heteroatoms. The molecule has 0 unspecified atom stereocenters. The summed E-state index contributed by atoms with van der Waals surface area (Å²) in [6.45, 7) is 0. The Hall–Kier alpha value is -1.90. The van der Waals surface area contributed by atoms with Gasteiger partial charge in [-0.3, -0.25) is 0 Å². The third-order valence-corrected chi connectivity index (χ3v) is 2.26. The average molecular weight is 170 g/mol. The van der Waals surface area contributed by atoms with Gasteiger partial charge in [0.05, 0.1) is 0 Å². The number of benzene rings is 2. The van der Waals surface area contributed by atoms with E-state index in [2.05, 4.69) is 33.6 Å². The van der Waals surface area contributed by atoms with E-state index in [1.54, 1.807) is 0 Å². The maximum Gasteiger partial charge on any atom is 0.249 e. The van der Waals surface area contributed by atoms with E-state index in [0.29, 0.717) is 0 Å². The largest absolute Gasteiger partial charge is 0.249 e. The van der Waals surface area contributed by atoms with Gasteiger partial charge >= 0.3 is 0 Å². The Balaban J connectivity index is 2.65. The zero-order valence-electron chi connectivity index (χ0n) is 6.91. The second-order valence-corrected chi connectivity index (χ2v) is 3.03. The van der Waals surface area contributed by atoms with Crippen LogP contribution in [0.2, 0.25) is 0 Å². The van der Waals surface area contributed by atoms with Crippen molar-refractivity contribution in [3.63, 3.8) is 0 Å². The van der Waals surface area contributed by atoms with Crippen molar-refractivity contribution in [2.75, 3.05) is 0 Å². The van der Waals surface area contributed by atoms with Crippen LogP contribution in [-0.4, -0.2) is 10.3 Å². The lowest BCUT2D eigenvalue weighted by Gasteiger charge is -1.92. The summed E-state index contributed by atoms with van der Waals surface area (Å²) in [4.78, 5) is 0. The Morgan fingerprint density at radius 1 is 1.08 bits per heavy atom. The molecule has 0 spiro atoms. The molecule has 0 atom stereocenters. The van der Waals surface area contributed by atoms with Crippen molar-refractivity contribution in [1.82, 2.24) is 10.3 Å². The lowest BCUT2D eigenvalue weighted by molar-refractivity contribution is -0.426. The highest BCUT2D eigenvalue weighted by Gasteiger charge is 2.07.